The van der Waals surface area contributed by atoms with E-state index in [0.29, 0.717) is 0 Å². The van der Waals surface area contributed by atoms with Crippen molar-refractivity contribution in [1.29, 1.82) is 0 Å². The van der Waals surface area contributed by atoms with Gasteiger partial charge in [-0.2, -0.15) is 0 Å². The molecule has 0 amide bonds. The van der Waals surface area contributed by atoms with Crippen LogP contribution in [0.3, 0.4) is 0 Å². The van der Waals surface area contributed by atoms with E-state index < -0.39 is 0 Å². The van der Waals surface area contributed by atoms with Gasteiger partial charge in [0.25, 0.3) is 0 Å². The molecule has 4 heteroatoms. The zero-order chi connectivity index (χ0) is 12.1. The number of hydrogen-bond acceptors (Lipinski definition) is 4. The average molecular weight is 253 g/mol. The normalized spacial score (nSPS) is 16.8. The molecule has 0 atom stereocenters. The number of hydrogen-bond donors (Lipinski definition) is 0. The largest absolute Gasteiger partial charge is 0.497 e. The van der Waals surface area contributed by atoms with Crippen molar-refractivity contribution in [2.24, 2.45) is 0 Å². The molecule has 17 heavy (non-hydrogen) atoms. The maximum Gasteiger partial charge on any atom is 0.134 e. The predicted octanol–water partition coefficient (Wildman–Crippen LogP) is 3.20. The lowest BCUT2D eigenvalue weighted by Gasteiger charge is -2.25. The van der Waals surface area contributed by atoms with Gasteiger partial charge in [0.2, 0.25) is 0 Å². The molecular weight excluding hydrogens is 234 g/mol. The molecule has 1 aliphatic heterocycles. The monoisotopic (exact) mass is 253 g/mol. The smallest absolute Gasteiger partial charge is 0.134 e. The molecular formula is C13H19NO2S. The van der Waals surface area contributed by atoms with Crippen LogP contribution < -0.4 is 9.47 Å². The van der Waals surface area contributed by atoms with E-state index in [1.54, 1.807) is 26.2 Å². The Hall–Kier alpha value is -0.870. The molecule has 0 spiro atoms. The Morgan fingerprint density at radius 3 is 2.47 bits per heavy atom. The van der Waals surface area contributed by atoms with Gasteiger partial charge in [0.05, 0.1) is 19.1 Å². The molecule has 3 nitrogen and oxygen atoms in total. The van der Waals surface area contributed by atoms with Crippen LogP contribution in [0, 0.1) is 0 Å². The summed E-state index contributed by atoms with van der Waals surface area (Å²) in [7, 11) is 3.40. The van der Waals surface area contributed by atoms with Crippen molar-refractivity contribution in [3.63, 3.8) is 0 Å². The van der Waals surface area contributed by atoms with Crippen LogP contribution >= 0.6 is 11.9 Å². The number of ether oxygens (including phenoxy) is 2. The molecule has 1 saturated heterocycles. The lowest BCUT2D eigenvalue weighted by molar-refractivity contribution is 0.375. The van der Waals surface area contributed by atoms with Crippen molar-refractivity contribution in [2.75, 3.05) is 27.3 Å². The number of rotatable bonds is 4. The van der Waals surface area contributed by atoms with Gasteiger partial charge in [-0.05, 0) is 43.0 Å². The second kappa shape index (κ2) is 6.17. The standard InChI is InChI=1S/C13H19NO2S/c1-15-11-6-7-12(16-2)13(10-11)17-14-8-4-3-5-9-14/h6-7,10H,3-5,8-9H2,1-2H3. The van der Waals surface area contributed by atoms with E-state index in [9.17, 15) is 0 Å². The first-order valence-electron chi connectivity index (χ1n) is 5.98. The molecule has 94 valence electrons. The van der Waals surface area contributed by atoms with Crippen LogP contribution in [0.5, 0.6) is 11.5 Å². The number of piperidine rings is 1. The number of nitrogens with zero attached hydrogens (tertiary/aromatic N) is 1. The topological polar surface area (TPSA) is 21.7 Å². The summed E-state index contributed by atoms with van der Waals surface area (Å²) < 4.78 is 13.0. The van der Waals surface area contributed by atoms with Crippen molar-refractivity contribution in [3.8, 4) is 11.5 Å². The van der Waals surface area contributed by atoms with Crippen LogP contribution in [-0.4, -0.2) is 31.6 Å². The lowest BCUT2D eigenvalue weighted by Crippen LogP contribution is -2.22. The second-order valence-corrected chi connectivity index (χ2v) is 5.24. The fourth-order valence-corrected chi connectivity index (χ4v) is 3.08. The van der Waals surface area contributed by atoms with Crippen LogP contribution in [0.25, 0.3) is 0 Å². The highest BCUT2D eigenvalue weighted by Crippen LogP contribution is 2.35. The van der Waals surface area contributed by atoms with E-state index >= 15 is 0 Å². The van der Waals surface area contributed by atoms with E-state index in [0.717, 1.165) is 29.5 Å². The summed E-state index contributed by atoms with van der Waals surface area (Å²) in [6.07, 6.45) is 3.94. The minimum atomic E-state index is 0.880. The molecule has 0 saturated carbocycles. The number of benzene rings is 1. The maximum absolute atomic E-state index is 5.38. The van der Waals surface area contributed by atoms with E-state index in [-0.39, 0.29) is 0 Å². The van der Waals surface area contributed by atoms with Gasteiger partial charge in [0.15, 0.2) is 0 Å². The van der Waals surface area contributed by atoms with Crippen LogP contribution in [-0.2, 0) is 0 Å². The molecule has 0 unspecified atom stereocenters. The Bertz CT molecular complexity index is 364. The summed E-state index contributed by atoms with van der Waals surface area (Å²) in [6.45, 7) is 2.32. The van der Waals surface area contributed by atoms with Crippen molar-refractivity contribution < 1.29 is 9.47 Å². The van der Waals surface area contributed by atoms with E-state index in [2.05, 4.69) is 4.31 Å². The molecule has 1 aromatic rings. The van der Waals surface area contributed by atoms with Gasteiger partial charge in [-0.25, -0.2) is 4.31 Å². The molecule has 1 fully saturated rings. The number of methoxy groups -OCH3 is 2. The summed E-state index contributed by atoms with van der Waals surface area (Å²) in [5.41, 5.74) is 0. The molecule has 0 N–H and O–H groups in total. The zero-order valence-corrected chi connectivity index (χ0v) is 11.3. The SMILES string of the molecule is COc1ccc(OC)c(SN2CCCCC2)c1. The molecule has 1 aliphatic rings. The van der Waals surface area contributed by atoms with Crippen LogP contribution in [0.15, 0.2) is 23.1 Å². The summed E-state index contributed by atoms with van der Waals surface area (Å²) in [4.78, 5) is 1.13. The van der Waals surface area contributed by atoms with Gasteiger partial charge in [-0.15, -0.1) is 0 Å². The highest BCUT2D eigenvalue weighted by Gasteiger charge is 2.14. The molecule has 1 aromatic carbocycles. The first kappa shape index (κ1) is 12.6. The summed E-state index contributed by atoms with van der Waals surface area (Å²) in [5.74, 6) is 1.80. The zero-order valence-electron chi connectivity index (χ0n) is 10.4. The summed E-state index contributed by atoms with van der Waals surface area (Å²) in [6, 6.07) is 5.93. The molecule has 0 radical (unpaired) electrons. The van der Waals surface area contributed by atoms with E-state index in [4.69, 9.17) is 9.47 Å². The lowest BCUT2D eigenvalue weighted by atomic mass is 10.2. The molecule has 1 heterocycles. The third-order valence-corrected chi connectivity index (χ3v) is 4.05. The first-order chi connectivity index (χ1) is 8.33. The Morgan fingerprint density at radius 2 is 1.82 bits per heavy atom. The van der Waals surface area contributed by atoms with Gasteiger partial charge < -0.3 is 9.47 Å². The van der Waals surface area contributed by atoms with E-state index in [1.807, 2.05) is 18.2 Å². The van der Waals surface area contributed by atoms with Crippen molar-refractivity contribution in [3.05, 3.63) is 18.2 Å². The third kappa shape index (κ3) is 3.30. The summed E-state index contributed by atoms with van der Waals surface area (Å²) >= 11 is 1.77. The predicted molar refractivity (Wildman–Crippen MR) is 70.8 cm³/mol. The van der Waals surface area contributed by atoms with Crippen LogP contribution in [0.2, 0.25) is 0 Å². The molecule has 0 aromatic heterocycles. The quantitative estimate of drug-likeness (QED) is 0.768. The van der Waals surface area contributed by atoms with Gasteiger partial charge in [0.1, 0.15) is 11.5 Å². The minimum Gasteiger partial charge on any atom is -0.497 e. The average Bonchev–Trinajstić information content (AvgIpc) is 2.40. The van der Waals surface area contributed by atoms with Gasteiger partial charge in [-0.3, -0.25) is 0 Å². The fraction of sp³-hybridized carbons (Fsp3) is 0.538. The van der Waals surface area contributed by atoms with Crippen molar-refractivity contribution in [2.45, 2.75) is 24.2 Å². The second-order valence-electron chi connectivity index (χ2n) is 4.10. The minimum absolute atomic E-state index is 0.880. The van der Waals surface area contributed by atoms with Crippen molar-refractivity contribution >= 4 is 11.9 Å². The maximum atomic E-state index is 5.38. The Balaban J connectivity index is 2.11. The first-order valence-corrected chi connectivity index (χ1v) is 6.76. The Kier molecular flexibility index (Phi) is 4.57. The van der Waals surface area contributed by atoms with Crippen LogP contribution in [0.1, 0.15) is 19.3 Å². The third-order valence-electron chi connectivity index (χ3n) is 2.91. The summed E-state index contributed by atoms with van der Waals surface area (Å²) in [5, 5.41) is 0. The van der Waals surface area contributed by atoms with Gasteiger partial charge in [-0.1, -0.05) is 6.42 Å². The molecule has 0 aliphatic carbocycles. The van der Waals surface area contributed by atoms with Gasteiger partial charge >= 0.3 is 0 Å². The van der Waals surface area contributed by atoms with Crippen LogP contribution in [0.4, 0.5) is 0 Å². The highest BCUT2D eigenvalue weighted by atomic mass is 32.2. The van der Waals surface area contributed by atoms with E-state index in [1.165, 1.54) is 19.3 Å². The highest BCUT2D eigenvalue weighted by molar-refractivity contribution is 7.97. The Morgan fingerprint density at radius 1 is 1.06 bits per heavy atom. The molecule has 2 rings (SSSR count). The van der Waals surface area contributed by atoms with Crippen molar-refractivity contribution in [1.82, 2.24) is 4.31 Å². The Labute approximate surface area is 107 Å². The fourth-order valence-electron chi connectivity index (χ4n) is 1.95. The van der Waals surface area contributed by atoms with Gasteiger partial charge in [0, 0.05) is 13.1 Å². The molecule has 0 bridgehead atoms.